The number of hydrogen-bond donors (Lipinski definition) is 0. The Morgan fingerprint density at radius 2 is 1.61 bits per heavy atom. The largest absolute Gasteiger partial charge is 0.347 e. The van der Waals surface area contributed by atoms with E-state index in [4.69, 9.17) is 9.47 Å². The first-order valence-corrected chi connectivity index (χ1v) is 10.3. The van der Waals surface area contributed by atoms with Gasteiger partial charge in [0, 0.05) is 26.5 Å². The van der Waals surface area contributed by atoms with Crippen molar-refractivity contribution in [2.24, 2.45) is 11.8 Å². The van der Waals surface area contributed by atoms with Crippen molar-refractivity contribution in [1.82, 2.24) is 0 Å². The molecule has 23 heavy (non-hydrogen) atoms. The number of fused-ring (bicyclic) bond motifs is 2. The molecule has 2 aromatic rings. The molecule has 0 saturated carbocycles. The summed E-state index contributed by atoms with van der Waals surface area (Å²) < 4.78 is 12.8. The van der Waals surface area contributed by atoms with Gasteiger partial charge >= 0.3 is 0 Å². The molecule has 1 spiro atoms. The number of ether oxygens (including phenoxy) is 2. The van der Waals surface area contributed by atoms with Crippen molar-refractivity contribution in [2.75, 3.05) is 13.2 Å². The summed E-state index contributed by atoms with van der Waals surface area (Å²) in [4.78, 5) is 4.56. The molecule has 4 heteroatoms. The summed E-state index contributed by atoms with van der Waals surface area (Å²) in [7, 11) is 0. The molecule has 2 bridgehead atoms. The molecule has 2 nitrogen and oxygen atoms in total. The minimum absolute atomic E-state index is 0.353. The minimum Gasteiger partial charge on any atom is -0.347 e. The molecule has 122 valence electrons. The van der Waals surface area contributed by atoms with Gasteiger partial charge in [-0.2, -0.15) is 0 Å². The van der Waals surface area contributed by atoms with Crippen molar-refractivity contribution in [3.05, 3.63) is 42.8 Å². The third-order valence-corrected chi connectivity index (χ3v) is 8.12. The first-order valence-electron chi connectivity index (χ1n) is 8.58. The van der Waals surface area contributed by atoms with Gasteiger partial charge in [0.25, 0.3) is 0 Å². The highest BCUT2D eigenvalue weighted by Crippen LogP contribution is 2.50. The van der Waals surface area contributed by atoms with E-state index in [1.165, 1.54) is 15.3 Å². The van der Waals surface area contributed by atoms with Crippen LogP contribution in [0.25, 0.3) is 0 Å². The zero-order valence-electron chi connectivity index (χ0n) is 13.7. The summed E-state index contributed by atoms with van der Waals surface area (Å²) in [6, 6.07) is 2.33. The Bertz CT molecular complexity index is 699. The Balaban J connectivity index is 1.67. The first-order chi connectivity index (χ1) is 11.2. The fourth-order valence-corrected chi connectivity index (χ4v) is 7.10. The zero-order valence-corrected chi connectivity index (χ0v) is 15.3. The summed E-state index contributed by atoms with van der Waals surface area (Å²) in [6.45, 7) is 6.09. The summed E-state index contributed by atoms with van der Waals surface area (Å²) in [5, 5.41) is 2.26. The van der Waals surface area contributed by atoms with Crippen LogP contribution in [0.3, 0.4) is 0 Å². The summed E-state index contributed by atoms with van der Waals surface area (Å²) in [5.74, 6) is 0.539. The van der Waals surface area contributed by atoms with Crippen LogP contribution in [0.5, 0.6) is 0 Å². The standard InChI is InChI=1S/C19H22O2S2/c1-11-16-8-14-7-13-3-6-22-18(13)10-15(9-17(16)12(2)23-11)19(14)20-4-5-21-19/h3,6,14-15H,4-5,7-10H2,1-2H3. The van der Waals surface area contributed by atoms with Crippen LogP contribution in [0.4, 0.5) is 0 Å². The third-order valence-electron chi connectivity index (χ3n) is 6.03. The summed E-state index contributed by atoms with van der Waals surface area (Å²) >= 11 is 3.90. The average molecular weight is 347 g/mol. The molecule has 0 radical (unpaired) electrons. The minimum atomic E-state index is -0.353. The SMILES string of the molecule is Cc1sc(C)c2c1CC1Cc3ccsc3CC(C2)C12OCCO2. The van der Waals surface area contributed by atoms with Gasteiger partial charge in [0.15, 0.2) is 5.79 Å². The zero-order chi connectivity index (χ0) is 15.6. The maximum absolute atomic E-state index is 6.38. The van der Waals surface area contributed by atoms with E-state index in [2.05, 4.69) is 25.3 Å². The maximum atomic E-state index is 6.38. The molecule has 2 atom stereocenters. The lowest BCUT2D eigenvalue weighted by atomic mass is 9.83. The van der Waals surface area contributed by atoms with Gasteiger partial charge < -0.3 is 9.47 Å². The van der Waals surface area contributed by atoms with Gasteiger partial charge in [0.1, 0.15) is 0 Å². The van der Waals surface area contributed by atoms with Crippen LogP contribution in [0, 0.1) is 25.7 Å². The van der Waals surface area contributed by atoms with Crippen LogP contribution >= 0.6 is 22.7 Å². The van der Waals surface area contributed by atoms with Gasteiger partial charge in [-0.15, -0.1) is 22.7 Å². The predicted octanol–water partition coefficient (Wildman–Crippen LogP) is 4.30. The van der Waals surface area contributed by atoms with Crippen LogP contribution in [-0.2, 0) is 35.2 Å². The first kappa shape index (κ1) is 14.6. The van der Waals surface area contributed by atoms with Crippen molar-refractivity contribution >= 4 is 22.7 Å². The number of aryl methyl sites for hydroxylation is 2. The van der Waals surface area contributed by atoms with Crippen LogP contribution in [0.15, 0.2) is 11.4 Å². The molecule has 2 aliphatic carbocycles. The Morgan fingerprint density at radius 3 is 2.30 bits per heavy atom. The third kappa shape index (κ3) is 2.05. The number of hydrogen-bond acceptors (Lipinski definition) is 4. The van der Waals surface area contributed by atoms with E-state index in [-0.39, 0.29) is 5.79 Å². The Hall–Kier alpha value is -0.680. The molecule has 2 unspecified atom stereocenters. The topological polar surface area (TPSA) is 18.5 Å². The van der Waals surface area contributed by atoms with Gasteiger partial charge in [-0.3, -0.25) is 0 Å². The molecule has 1 fully saturated rings. The van der Waals surface area contributed by atoms with E-state index in [0.717, 1.165) is 38.9 Å². The van der Waals surface area contributed by atoms with Gasteiger partial charge in [0.05, 0.1) is 13.2 Å². The van der Waals surface area contributed by atoms with E-state index in [1.54, 1.807) is 16.0 Å². The predicted molar refractivity (Wildman–Crippen MR) is 94.5 cm³/mol. The lowest BCUT2D eigenvalue weighted by Gasteiger charge is -2.38. The molecule has 5 rings (SSSR count). The second kappa shape index (κ2) is 5.16. The quantitative estimate of drug-likeness (QED) is 0.708. The van der Waals surface area contributed by atoms with Crippen LogP contribution in [-0.4, -0.2) is 19.0 Å². The van der Waals surface area contributed by atoms with E-state index < -0.39 is 0 Å². The normalized spacial score (nSPS) is 28.3. The van der Waals surface area contributed by atoms with Gasteiger partial charge in [-0.1, -0.05) is 0 Å². The molecule has 2 aromatic heterocycles. The fourth-order valence-electron chi connectivity index (χ4n) is 4.98. The van der Waals surface area contributed by atoms with Crippen LogP contribution in [0.2, 0.25) is 0 Å². The Labute approximate surface area is 145 Å². The van der Waals surface area contributed by atoms with E-state index >= 15 is 0 Å². The van der Waals surface area contributed by atoms with E-state index in [1.807, 2.05) is 22.7 Å². The van der Waals surface area contributed by atoms with Crippen molar-refractivity contribution in [3.8, 4) is 0 Å². The monoisotopic (exact) mass is 346 g/mol. The number of thiophene rings is 2. The summed E-state index contributed by atoms with van der Waals surface area (Å²) in [6.07, 6.45) is 4.43. The molecule has 0 amide bonds. The second-order valence-corrected chi connectivity index (χ2v) is 9.60. The lowest BCUT2D eigenvalue weighted by molar-refractivity contribution is -0.227. The molecule has 1 aliphatic heterocycles. The highest BCUT2D eigenvalue weighted by Gasteiger charge is 2.54. The lowest BCUT2D eigenvalue weighted by Crippen LogP contribution is -2.47. The van der Waals surface area contributed by atoms with E-state index in [9.17, 15) is 0 Å². The van der Waals surface area contributed by atoms with Gasteiger partial charge in [-0.05, 0) is 67.7 Å². The fraction of sp³-hybridized carbons (Fsp3) is 0.579. The van der Waals surface area contributed by atoms with Crippen molar-refractivity contribution in [1.29, 1.82) is 0 Å². The molecule has 1 saturated heterocycles. The maximum Gasteiger partial charge on any atom is 0.175 e. The van der Waals surface area contributed by atoms with Crippen LogP contribution < -0.4 is 0 Å². The van der Waals surface area contributed by atoms with Gasteiger partial charge in [0.2, 0.25) is 0 Å². The molecular weight excluding hydrogens is 324 g/mol. The van der Waals surface area contributed by atoms with Crippen molar-refractivity contribution in [2.45, 2.75) is 45.3 Å². The van der Waals surface area contributed by atoms with Crippen molar-refractivity contribution in [3.63, 3.8) is 0 Å². The highest BCUT2D eigenvalue weighted by molar-refractivity contribution is 7.12. The molecule has 3 aliphatic rings. The Morgan fingerprint density at radius 1 is 0.957 bits per heavy atom. The van der Waals surface area contributed by atoms with E-state index in [0.29, 0.717) is 11.8 Å². The average Bonchev–Trinajstić information content (AvgIpc) is 3.18. The molecule has 0 aromatic carbocycles. The molecule has 0 N–H and O–H groups in total. The molecular formula is C19H22O2S2. The van der Waals surface area contributed by atoms with Crippen LogP contribution in [0.1, 0.15) is 31.3 Å². The summed E-state index contributed by atoms with van der Waals surface area (Å²) in [5.41, 5.74) is 4.73. The second-order valence-electron chi connectivity index (χ2n) is 7.17. The number of rotatable bonds is 0. The molecule has 3 heterocycles. The van der Waals surface area contributed by atoms with Crippen molar-refractivity contribution < 1.29 is 9.47 Å². The smallest absolute Gasteiger partial charge is 0.175 e. The Kier molecular flexibility index (Phi) is 3.28. The highest BCUT2D eigenvalue weighted by atomic mass is 32.1. The van der Waals surface area contributed by atoms with Gasteiger partial charge in [-0.25, -0.2) is 0 Å².